The highest BCUT2D eigenvalue weighted by molar-refractivity contribution is 5.90. The van der Waals surface area contributed by atoms with E-state index in [2.05, 4.69) is 29.0 Å². The molecule has 0 aliphatic carbocycles. The Kier molecular flexibility index (Phi) is 11.6. The van der Waals surface area contributed by atoms with Crippen LogP contribution in [0, 0.1) is 11.3 Å². The number of rotatable bonds is 10. The van der Waals surface area contributed by atoms with Crippen molar-refractivity contribution >= 4 is 23.7 Å². The number of carbonyl (C=O) groups is 4. The molecule has 2 rings (SSSR count). The van der Waals surface area contributed by atoms with Gasteiger partial charge in [0.15, 0.2) is 0 Å². The lowest BCUT2D eigenvalue weighted by atomic mass is 9.84. The molecule has 0 aromatic carbocycles. The maximum atomic E-state index is 13.9. The van der Waals surface area contributed by atoms with Crippen molar-refractivity contribution < 1.29 is 23.9 Å². The van der Waals surface area contributed by atoms with Crippen LogP contribution in [0.1, 0.15) is 66.7 Å². The molecular weight excluding hydrogens is 486 g/mol. The summed E-state index contributed by atoms with van der Waals surface area (Å²) in [5.74, 6) is -0.637. The first kappa shape index (κ1) is 32.0. The standard InChI is InChI=1S/C28H51N5O5/c1-19(2)22(17-33-16-12-14-21(33)26(36)31(7)18-23(34)38-9)32(8)27(37)24(28(3,4)5)29-25(35)20-13-10-11-15-30(20)6/h19-22,24H,10-18H2,1-9H3,(H,29,35)/t20?,21-,22+,24+/m0/s1. The molecule has 2 fully saturated rings. The molecule has 2 heterocycles. The molecule has 10 heteroatoms. The number of esters is 1. The number of likely N-dealkylation sites (tertiary alicyclic amines) is 2. The maximum Gasteiger partial charge on any atom is 0.325 e. The van der Waals surface area contributed by atoms with Crippen molar-refractivity contribution in [3.63, 3.8) is 0 Å². The summed E-state index contributed by atoms with van der Waals surface area (Å²) in [4.78, 5) is 59.4. The molecule has 0 aromatic heterocycles. The topological polar surface area (TPSA) is 102 Å². The van der Waals surface area contributed by atoms with Crippen LogP contribution in [0.5, 0.6) is 0 Å². The summed E-state index contributed by atoms with van der Waals surface area (Å²) in [6.07, 6.45) is 4.48. The highest BCUT2D eigenvalue weighted by Gasteiger charge is 2.41. The molecule has 218 valence electrons. The number of nitrogens with one attached hydrogen (secondary N) is 1. The third kappa shape index (κ3) is 8.15. The lowest BCUT2D eigenvalue weighted by Gasteiger charge is -2.41. The highest BCUT2D eigenvalue weighted by Crippen LogP contribution is 2.26. The molecule has 38 heavy (non-hydrogen) atoms. The lowest BCUT2D eigenvalue weighted by Crippen LogP contribution is -2.61. The van der Waals surface area contributed by atoms with Crippen LogP contribution >= 0.6 is 0 Å². The van der Waals surface area contributed by atoms with E-state index in [1.807, 2.05) is 27.8 Å². The molecule has 0 aromatic rings. The van der Waals surface area contributed by atoms with Crippen LogP contribution in [0.15, 0.2) is 0 Å². The van der Waals surface area contributed by atoms with E-state index in [4.69, 9.17) is 4.74 Å². The molecule has 4 atom stereocenters. The zero-order valence-electron chi connectivity index (χ0n) is 25.1. The number of nitrogens with zero attached hydrogens (tertiary/aromatic N) is 4. The summed E-state index contributed by atoms with van der Waals surface area (Å²) in [7, 11) is 6.70. The third-order valence-electron chi connectivity index (χ3n) is 8.13. The molecular formula is C28H51N5O5. The van der Waals surface area contributed by atoms with Crippen molar-refractivity contribution in [2.24, 2.45) is 11.3 Å². The van der Waals surface area contributed by atoms with Gasteiger partial charge in [0, 0.05) is 26.7 Å². The Morgan fingerprint density at radius 1 is 1.00 bits per heavy atom. The quantitative estimate of drug-likeness (QED) is 0.422. The van der Waals surface area contributed by atoms with Gasteiger partial charge in [-0.25, -0.2) is 0 Å². The normalized spacial score (nSPS) is 22.6. The van der Waals surface area contributed by atoms with Gasteiger partial charge in [0.05, 0.1) is 19.2 Å². The number of likely N-dealkylation sites (N-methyl/N-ethyl adjacent to an activating group) is 3. The van der Waals surface area contributed by atoms with Gasteiger partial charge in [0.25, 0.3) is 0 Å². The summed E-state index contributed by atoms with van der Waals surface area (Å²) in [6.45, 7) is 12.2. The summed E-state index contributed by atoms with van der Waals surface area (Å²) in [6, 6.07) is -1.37. The predicted octanol–water partition coefficient (Wildman–Crippen LogP) is 1.58. The van der Waals surface area contributed by atoms with E-state index in [-0.39, 0.29) is 48.3 Å². The van der Waals surface area contributed by atoms with E-state index in [1.54, 1.807) is 19.0 Å². The second-order valence-corrected chi connectivity index (χ2v) is 12.5. The highest BCUT2D eigenvalue weighted by atomic mass is 16.5. The minimum absolute atomic E-state index is 0.0885. The van der Waals surface area contributed by atoms with Gasteiger partial charge >= 0.3 is 5.97 Å². The Morgan fingerprint density at radius 3 is 2.18 bits per heavy atom. The Balaban J connectivity index is 2.17. The summed E-state index contributed by atoms with van der Waals surface area (Å²) >= 11 is 0. The number of amides is 3. The molecule has 0 bridgehead atoms. The van der Waals surface area contributed by atoms with Crippen molar-refractivity contribution in [1.82, 2.24) is 24.9 Å². The largest absolute Gasteiger partial charge is 0.468 e. The third-order valence-corrected chi connectivity index (χ3v) is 8.13. The fourth-order valence-electron chi connectivity index (χ4n) is 5.60. The van der Waals surface area contributed by atoms with Crippen LogP contribution < -0.4 is 5.32 Å². The van der Waals surface area contributed by atoms with E-state index in [0.29, 0.717) is 13.0 Å². The second-order valence-electron chi connectivity index (χ2n) is 12.5. The van der Waals surface area contributed by atoms with Crippen LogP contribution in [0.3, 0.4) is 0 Å². The smallest absolute Gasteiger partial charge is 0.325 e. The van der Waals surface area contributed by atoms with Gasteiger partial charge in [-0.05, 0) is 57.2 Å². The first-order chi connectivity index (χ1) is 17.7. The molecule has 1 N–H and O–H groups in total. The molecule has 3 amide bonds. The van der Waals surface area contributed by atoms with Crippen LogP contribution in [0.4, 0.5) is 0 Å². The molecule has 1 unspecified atom stereocenters. The minimum Gasteiger partial charge on any atom is -0.468 e. The number of carbonyl (C=O) groups excluding carboxylic acids is 4. The van der Waals surface area contributed by atoms with Gasteiger partial charge in [-0.1, -0.05) is 41.0 Å². The second kappa shape index (κ2) is 13.7. The summed E-state index contributed by atoms with van der Waals surface area (Å²) in [5, 5.41) is 3.10. The monoisotopic (exact) mass is 537 g/mol. The van der Waals surface area contributed by atoms with Crippen molar-refractivity contribution in [1.29, 1.82) is 0 Å². The molecule has 0 radical (unpaired) electrons. The van der Waals surface area contributed by atoms with Gasteiger partial charge in [-0.3, -0.25) is 29.0 Å². The first-order valence-corrected chi connectivity index (χ1v) is 14.0. The van der Waals surface area contributed by atoms with Crippen LogP contribution in [0.2, 0.25) is 0 Å². The zero-order chi connectivity index (χ0) is 28.8. The van der Waals surface area contributed by atoms with Crippen LogP contribution in [0.25, 0.3) is 0 Å². The van der Waals surface area contributed by atoms with E-state index >= 15 is 0 Å². The Morgan fingerprint density at radius 2 is 1.63 bits per heavy atom. The van der Waals surface area contributed by atoms with Gasteiger partial charge in [0.1, 0.15) is 12.6 Å². The fourth-order valence-corrected chi connectivity index (χ4v) is 5.60. The van der Waals surface area contributed by atoms with E-state index in [0.717, 1.165) is 38.8 Å². The van der Waals surface area contributed by atoms with E-state index in [1.165, 1.54) is 12.0 Å². The van der Waals surface area contributed by atoms with E-state index < -0.39 is 17.4 Å². The molecule has 2 saturated heterocycles. The predicted molar refractivity (Wildman–Crippen MR) is 147 cm³/mol. The van der Waals surface area contributed by atoms with Crippen molar-refractivity contribution in [2.45, 2.75) is 90.9 Å². The average molecular weight is 538 g/mol. The van der Waals surface area contributed by atoms with Crippen molar-refractivity contribution in [3.8, 4) is 0 Å². The molecule has 0 saturated carbocycles. The van der Waals surface area contributed by atoms with Gasteiger partial charge in [-0.15, -0.1) is 0 Å². The first-order valence-electron chi connectivity index (χ1n) is 14.0. The van der Waals surface area contributed by atoms with Crippen LogP contribution in [-0.2, 0) is 23.9 Å². The minimum atomic E-state index is -0.668. The summed E-state index contributed by atoms with van der Waals surface area (Å²) < 4.78 is 4.71. The molecule has 2 aliphatic rings. The SMILES string of the molecule is COC(=O)CN(C)C(=O)[C@@H]1CCCN1C[C@H](C(C)C)N(C)C(=O)[C@@H](NC(=O)C1CCCCN1C)C(C)(C)C. The number of piperidine rings is 1. The number of ether oxygens (including phenoxy) is 1. The number of hydrogen-bond donors (Lipinski definition) is 1. The molecule has 0 spiro atoms. The lowest BCUT2D eigenvalue weighted by molar-refractivity contribution is -0.148. The zero-order valence-corrected chi connectivity index (χ0v) is 25.1. The Labute approximate surface area is 229 Å². The fraction of sp³-hybridized carbons (Fsp3) is 0.857. The Hall–Kier alpha value is -2.20. The van der Waals surface area contributed by atoms with Crippen molar-refractivity contribution in [3.05, 3.63) is 0 Å². The number of methoxy groups -OCH3 is 1. The van der Waals surface area contributed by atoms with Crippen LogP contribution in [-0.4, -0.2) is 122 Å². The number of hydrogen-bond acceptors (Lipinski definition) is 7. The van der Waals surface area contributed by atoms with Gasteiger partial charge < -0.3 is 19.9 Å². The van der Waals surface area contributed by atoms with Gasteiger partial charge in [-0.2, -0.15) is 0 Å². The maximum absolute atomic E-state index is 13.9. The molecule has 2 aliphatic heterocycles. The van der Waals surface area contributed by atoms with E-state index in [9.17, 15) is 19.2 Å². The van der Waals surface area contributed by atoms with Crippen molar-refractivity contribution in [2.75, 3.05) is 54.4 Å². The van der Waals surface area contributed by atoms with Gasteiger partial charge in [0.2, 0.25) is 17.7 Å². The average Bonchev–Trinajstić information content (AvgIpc) is 3.31. The Bertz CT molecular complexity index is 842. The molecule has 10 nitrogen and oxygen atoms in total. The summed E-state index contributed by atoms with van der Waals surface area (Å²) in [5.41, 5.74) is -0.474.